The number of esters is 1. The molecule has 0 fully saturated rings. The molecule has 7 heteroatoms. The molecule has 3 rings (SSSR count). The Hall–Kier alpha value is -2.46. The zero-order valence-electron chi connectivity index (χ0n) is 15.2. The first kappa shape index (κ1) is 19.3. The van der Waals surface area contributed by atoms with Gasteiger partial charge in [-0.25, -0.2) is 13.6 Å². The van der Waals surface area contributed by atoms with Crippen molar-refractivity contribution in [3.05, 3.63) is 39.8 Å². The quantitative estimate of drug-likeness (QED) is 0.726. The molecule has 0 saturated heterocycles. The number of phenols is 1. The summed E-state index contributed by atoms with van der Waals surface area (Å²) >= 11 is 1.14. The van der Waals surface area contributed by atoms with Gasteiger partial charge in [0.25, 0.3) is 5.92 Å². The van der Waals surface area contributed by atoms with Crippen molar-refractivity contribution < 1.29 is 23.4 Å². The molecule has 4 nitrogen and oxygen atoms in total. The van der Waals surface area contributed by atoms with E-state index in [4.69, 9.17) is 4.74 Å². The predicted octanol–water partition coefficient (Wildman–Crippen LogP) is 5.07. The fourth-order valence-corrected chi connectivity index (χ4v) is 4.27. The van der Waals surface area contributed by atoms with Gasteiger partial charge < -0.3 is 9.84 Å². The van der Waals surface area contributed by atoms with Crippen LogP contribution in [-0.2, 0) is 17.6 Å². The van der Waals surface area contributed by atoms with Crippen LogP contribution in [0.1, 0.15) is 53.6 Å². The van der Waals surface area contributed by atoms with Crippen LogP contribution in [0.4, 0.5) is 8.78 Å². The molecule has 0 bridgehead atoms. The summed E-state index contributed by atoms with van der Waals surface area (Å²) in [7, 11) is 0. The molecular weight excluding hydrogens is 372 g/mol. The second-order valence-corrected chi connectivity index (χ2v) is 8.62. The number of ether oxygens (including phenoxy) is 1. The number of benzene rings is 1. The summed E-state index contributed by atoms with van der Waals surface area (Å²) in [6.45, 7) is 5.16. The van der Waals surface area contributed by atoms with E-state index in [2.05, 4.69) is 6.07 Å². The van der Waals surface area contributed by atoms with Crippen LogP contribution in [0.25, 0.3) is 10.4 Å². The number of halogens is 2. The standard InChI is InChI=1S/C20H19F2NO3S/c1-19(2,3)26-18(25)13-5-4-11(8-15(13)24)17-14-9-20(21,22)7-6-12(14)16(10-23)27-17/h4-5,8,24H,6-7,9H2,1-3H3. The van der Waals surface area contributed by atoms with Gasteiger partial charge in [-0.3, -0.25) is 0 Å². The Balaban J connectivity index is 2.01. The number of hydrogen-bond acceptors (Lipinski definition) is 5. The molecule has 1 N–H and O–H groups in total. The summed E-state index contributed by atoms with van der Waals surface area (Å²) in [6, 6.07) is 6.44. The Morgan fingerprint density at radius 1 is 1.33 bits per heavy atom. The van der Waals surface area contributed by atoms with E-state index in [1.807, 2.05) is 0 Å². The van der Waals surface area contributed by atoms with Gasteiger partial charge in [0.15, 0.2) is 0 Å². The average molecular weight is 391 g/mol. The summed E-state index contributed by atoms with van der Waals surface area (Å²) in [5.74, 6) is -3.76. The lowest BCUT2D eigenvalue weighted by Crippen LogP contribution is -2.25. The van der Waals surface area contributed by atoms with Gasteiger partial charge >= 0.3 is 5.97 Å². The predicted molar refractivity (Wildman–Crippen MR) is 98.3 cm³/mol. The first-order valence-electron chi connectivity index (χ1n) is 8.50. The van der Waals surface area contributed by atoms with Gasteiger partial charge in [-0.1, -0.05) is 6.07 Å². The molecule has 0 aliphatic heterocycles. The molecular formula is C20H19F2NO3S. The molecule has 0 spiro atoms. The Bertz CT molecular complexity index is 951. The van der Waals surface area contributed by atoms with Gasteiger partial charge in [-0.15, -0.1) is 11.3 Å². The molecule has 1 aromatic heterocycles. The monoisotopic (exact) mass is 391 g/mol. The molecule has 1 aliphatic carbocycles. The highest BCUT2D eigenvalue weighted by Gasteiger charge is 2.38. The van der Waals surface area contributed by atoms with Gasteiger partial charge in [0.1, 0.15) is 27.9 Å². The zero-order chi connectivity index (χ0) is 20.0. The number of fused-ring (bicyclic) bond motifs is 1. The first-order chi connectivity index (χ1) is 12.5. The van der Waals surface area contributed by atoms with Crippen molar-refractivity contribution >= 4 is 17.3 Å². The molecule has 1 aromatic carbocycles. The smallest absolute Gasteiger partial charge is 0.342 e. The average Bonchev–Trinajstić information content (AvgIpc) is 2.89. The number of phenolic OH excluding ortho intramolecular Hbond substituents is 1. The minimum atomic E-state index is -2.81. The second kappa shape index (κ2) is 6.61. The van der Waals surface area contributed by atoms with Crippen molar-refractivity contribution in [2.45, 2.75) is 51.6 Å². The minimum absolute atomic E-state index is 0.00457. The fraction of sp³-hybridized carbons (Fsp3) is 0.400. The molecule has 1 aliphatic rings. The van der Waals surface area contributed by atoms with Crippen molar-refractivity contribution in [1.82, 2.24) is 0 Å². The van der Waals surface area contributed by atoms with E-state index in [1.54, 1.807) is 26.8 Å². The lowest BCUT2D eigenvalue weighted by molar-refractivity contribution is -0.0119. The SMILES string of the molecule is CC(C)(C)OC(=O)c1ccc(-c2sc(C#N)c3c2CC(F)(F)CC3)cc1O. The highest BCUT2D eigenvalue weighted by molar-refractivity contribution is 7.16. The van der Waals surface area contributed by atoms with E-state index in [-0.39, 0.29) is 24.2 Å². The topological polar surface area (TPSA) is 70.3 Å². The van der Waals surface area contributed by atoms with Gasteiger partial charge in [0.05, 0.1) is 0 Å². The van der Waals surface area contributed by atoms with Crippen LogP contribution in [0.15, 0.2) is 18.2 Å². The van der Waals surface area contributed by atoms with Crippen LogP contribution in [0.3, 0.4) is 0 Å². The van der Waals surface area contributed by atoms with Crippen molar-refractivity contribution in [2.24, 2.45) is 0 Å². The summed E-state index contributed by atoms with van der Waals surface area (Å²) in [5.41, 5.74) is 0.920. The number of hydrogen-bond donors (Lipinski definition) is 1. The van der Waals surface area contributed by atoms with E-state index < -0.39 is 23.9 Å². The third-order valence-corrected chi connectivity index (χ3v) is 5.50. The highest BCUT2D eigenvalue weighted by Crippen LogP contribution is 2.45. The largest absolute Gasteiger partial charge is 0.507 e. The number of aromatic hydroxyl groups is 1. The van der Waals surface area contributed by atoms with Crippen molar-refractivity contribution in [2.75, 3.05) is 0 Å². The summed E-state index contributed by atoms with van der Waals surface area (Å²) < 4.78 is 33.1. The Labute approximate surface area is 160 Å². The van der Waals surface area contributed by atoms with E-state index >= 15 is 0 Å². The zero-order valence-corrected chi connectivity index (χ0v) is 16.0. The number of carbonyl (C=O) groups excluding carboxylic acids is 1. The van der Waals surface area contributed by atoms with Crippen LogP contribution < -0.4 is 0 Å². The van der Waals surface area contributed by atoms with E-state index in [0.717, 1.165) is 11.3 Å². The number of thiophene rings is 1. The highest BCUT2D eigenvalue weighted by atomic mass is 32.1. The van der Waals surface area contributed by atoms with Crippen molar-refractivity contribution in [3.63, 3.8) is 0 Å². The molecule has 2 aromatic rings. The van der Waals surface area contributed by atoms with E-state index in [1.165, 1.54) is 12.1 Å². The lowest BCUT2D eigenvalue weighted by atomic mass is 9.88. The third-order valence-electron chi connectivity index (χ3n) is 4.27. The third kappa shape index (κ3) is 3.96. The van der Waals surface area contributed by atoms with Crippen LogP contribution in [0, 0.1) is 11.3 Å². The molecule has 0 amide bonds. The summed E-state index contributed by atoms with van der Waals surface area (Å²) in [4.78, 5) is 13.1. The van der Waals surface area contributed by atoms with Crippen LogP contribution >= 0.6 is 11.3 Å². The number of nitriles is 1. The summed E-state index contributed by atoms with van der Waals surface area (Å²) in [6.07, 6.45) is -0.540. The number of nitrogens with zero attached hydrogens (tertiary/aromatic N) is 1. The molecule has 27 heavy (non-hydrogen) atoms. The Kier molecular flexibility index (Phi) is 4.73. The molecule has 142 valence electrons. The number of carbonyl (C=O) groups is 1. The van der Waals surface area contributed by atoms with Gasteiger partial charge in [-0.05, 0) is 56.0 Å². The molecule has 0 unspecified atom stereocenters. The van der Waals surface area contributed by atoms with E-state index in [9.17, 15) is 23.9 Å². The maximum absolute atomic E-state index is 13.9. The maximum atomic E-state index is 13.9. The minimum Gasteiger partial charge on any atom is -0.507 e. The molecule has 0 saturated carbocycles. The lowest BCUT2D eigenvalue weighted by Gasteiger charge is -2.23. The first-order valence-corrected chi connectivity index (χ1v) is 9.31. The van der Waals surface area contributed by atoms with Crippen molar-refractivity contribution in [1.29, 1.82) is 5.26 Å². The molecule has 1 heterocycles. The number of rotatable bonds is 2. The van der Waals surface area contributed by atoms with Gasteiger partial charge in [-0.2, -0.15) is 5.26 Å². The molecule has 0 atom stereocenters. The van der Waals surface area contributed by atoms with Gasteiger partial charge in [0, 0.05) is 17.7 Å². The Morgan fingerprint density at radius 2 is 2.04 bits per heavy atom. The maximum Gasteiger partial charge on any atom is 0.342 e. The van der Waals surface area contributed by atoms with E-state index in [0.29, 0.717) is 26.4 Å². The Morgan fingerprint density at radius 3 is 2.63 bits per heavy atom. The fourth-order valence-electron chi connectivity index (χ4n) is 3.11. The van der Waals surface area contributed by atoms with Crippen molar-refractivity contribution in [3.8, 4) is 22.3 Å². The van der Waals surface area contributed by atoms with Crippen LogP contribution in [-0.4, -0.2) is 22.6 Å². The normalized spacial score (nSPS) is 15.7. The number of alkyl halides is 2. The second-order valence-electron chi connectivity index (χ2n) is 7.60. The molecule has 0 radical (unpaired) electrons. The van der Waals surface area contributed by atoms with Gasteiger partial charge in [0.2, 0.25) is 0 Å². The summed E-state index contributed by atoms with van der Waals surface area (Å²) in [5, 5.41) is 19.6. The van der Waals surface area contributed by atoms with Crippen LogP contribution in [0.2, 0.25) is 0 Å². The van der Waals surface area contributed by atoms with Crippen LogP contribution in [0.5, 0.6) is 5.75 Å².